The average Bonchev–Trinajstić information content (AvgIpc) is 2.99. The number of hydrogen-bond donors (Lipinski definition) is 1. The van der Waals surface area contributed by atoms with Crippen molar-refractivity contribution >= 4 is 0 Å². The van der Waals surface area contributed by atoms with Crippen LogP contribution in [0, 0.1) is 0 Å². The van der Waals surface area contributed by atoms with E-state index in [4.69, 9.17) is 0 Å². The summed E-state index contributed by atoms with van der Waals surface area (Å²) in [6, 6.07) is 7.38. The van der Waals surface area contributed by atoms with Crippen LogP contribution in [0.3, 0.4) is 0 Å². The number of nitrogens with one attached hydrogen (secondary N) is 1. The van der Waals surface area contributed by atoms with Crippen molar-refractivity contribution in [2.45, 2.75) is 58.7 Å². The number of fused-ring (bicyclic) bond motifs is 1. The third-order valence-corrected chi connectivity index (χ3v) is 4.58. The lowest BCUT2D eigenvalue weighted by Crippen LogP contribution is -2.21. The van der Waals surface area contributed by atoms with Gasteiger partial charge < -0.3 is 9.88 Å². The van der Waals surface area contributed by atoms with Crippen LogP contribution in [0.25, 0.3) is 0 Å². The van der Waals surface area contributed by atoms with Crippen LogP contribution in [0.4, 0.5) is 0 Å². The molecule has 1 aromatic carbocycles. The molecule has 0 spiro atoms. The van der Waals surface area contributed by atoms with Crippen LogP contribution in [0.2, 0.25) is 0 Å². The van der Waals surface area contributed by atoms with Crippen molar-refractivity contribution in [1.29, 1.82) is 0 Å². The first-order valence-electron chi connectivity index (χ1n) is 8.13. The highest BCUT2D eigenvalue weighted by atomic mass is 15.1. The van der Waals surface area contributed by atoms with Crippen molar-refractivity contribution in [3.05, 3.63) is 53.1 Å². The van der Waals surface area contributed by atoms with Crippen molar-refractivity contribution in [2.75, 3.05) is 0 Å². The van der Waals surface area contributed by atoms with E-state index in [0.717, 1.165) is 18.9 Å². The van der Waals surface area contributed by atoms with E-state index in [1.807, 2.05) is 12.4 Å². The molecule has 112 valence electrons. The number of aromatic nitrogens is 2. The maximum Gasteiger partial charge on any atom is 0.122 e. The van der Waals surface area contributed by atoms with E-state index in [-0.39, 0.29) is 0 Å². The number of rotatable bonds is 5. The third kappa shape index (κ3) is 3.18. The molecule has 2 aromatic rings. The Kier molecular flexibility index (Phi) is 4.39. The van der Waals surface area contributed by atoms with Crippen molar-refractivity contribution < 1.29 is 0 Å². The van der Waals surface area contributed by atoms with Crippen LogP contribution in [-0.4, -0.2) is 9.55 Å². The Morgan fingerprint density at radius 1 is 1.24 bits per heavy atom. The maximum absolute atomic E-state index is 4.42. The van der Waals surface area contributed by atoms with Gasteiger partial charge in [0.1, 0.15) is 5.82 Å². The van der Waals surface area contributed by atoms with Gasteiger partial charge in [-0.3, -0.25) is 0 Å². The fraction of sp³-hybridized carbons (Fsp3) is 0.500. The number of nitrogens with zero attached hydrogens (tertiary/aromatic N) is 2. The highest BCUT2D eigenvalue weighted by molar-refractivity contribution is 5.35. The molecule has 1 aromatic heterocycles. The molecule has 0 aliphatic heterocycles. The molecule has 1 heterocycles. The molecule has 1 unspecified atom stereocenters. The quantitative estimate of drug-likeness (QED) is 0.908. The van der Waals surface area contributed by atoms with Crippen molar-refractivity contribution in [2.24, 2.45) is 0 Å². The molecule has 21 heavy (non-hydrogen) atoms. The summed E-state index contributed by atoms with van der Waals surface area (Å²) in [7, 11) is 0. The molecule has 0 bridgehead atoms. The Hall–Kier alpha value is -1.61. The predicted octanol–water partition coefficient (Wildman–Crippen LogP) is 3.63. The summed E-state index contributed by atoms with van der Waals surface area (Å²) in [5.74, 6) is 1.11. The summed E-state index contributed by atoms with van der Waals surface area (Å²) >= 11 is 0. The molecule has 1 aliphatic rings. The van der Waals surface area contributed by atoms with E-state index in [2.05, 4.69) is 46.9 Å². The number of benzene rings is 1. The van der Waals surface area contributed by atoms with Crippen LogP contribution < -0.4 is 5.32 Å². The van der Waals surface area contributed by atoms with E-state index < -0.39 is 0 Å². The fourth-order valence-corrected chi connectivity index (χ4v) is 3.18. The first-order chi connectivity index (χ1) is 10.3. The lowest BCUT2D eigenvalue weighted by atomic mass is 9.89. The van der Waals surface area contributed by atoms with E-state index in [0.29, 0.717) is 6.04 Å². The summed E-state index contributed by atoms with van der Waals surface area (Å²) in [5.41, 5.74) is 4.51. The number of aryl methyl sites for hydroxylation is 3. The van der Waals surface area contributed by atoms with Gasteiger partial charge in [0.2, 0.25) is 0 Å². The van der Waals surface area contributed by atoms with Gasteiger partial charge in [-0.1, -0.05) is 18.2 Å². The van der Waals surface area contributed by atoms with Gasteiger partial charge in [-0.15, -0.1) is 0 Å². The first kappa shape index (κ1) is 14.3. The average molecular weight is 283 g/mol. The van der Waals surface area contributed by atoms with Crippen LogP contribution in [0.1, 0.15) is 55.2 Å². The van der Waals surface area contributed by atoms with Crippen LogP contribution in [-0.2, 0) is 25.9 Å². The van der Waals surface area contributed by atoms with Crippen LogP contribution in [0.5, 0.6) is 0 Å². The van der Waals surface area contributed by atoms with Gasteiger partial charge >= 0.3 is 0 Å². The summed E-state index contributed by atoms with van der Waals surface area (Å²) in [4.78, 5) is 4.42. The minimum atomic E-state index is 0.360. The Balaban J connectivity index is 1.66. The lowest BCUT2D eigenvalue weighted by Gasteiger charge is -2.20. The van der Waals surface area contributed by atoms with Gasteiger partial charge in [-0.2, -0.15) is 0 Å². The Labute approximate surface area is 127 Å². The van der Waals surface area contributed by atoms with E-state index in [1.54, 1.807) is 11.1 Å². The SMILES string of the molecule is CCn1ccnc1CNC(C)c1ccc2c(c1)CCCC2. The highest BCUT2D eigenvalue weighted by Gasteiger charge is 2.12. The standard InChI is InChI=1S/C18H25N3/c1-3-21-11-10-19-18(21)13-20-14(2)16-9-8-15-6-4-5-7-17(15)12-16/h8-12,14,20H,3-7,13H2,1-2H3. The van der Waals surface area contributed by atoms with Crippen molar-refractivity contribution in [1.82, 2.24) is 14.9 Å². The summed E-state index contributed by atoms with van der Waals surface area (Å²) < 4.78 is 2.19. The monoisotopic (exact) mass is 283 g/mol. The van der Waals surface area contributed by atoms with Gasteiger partial charge in [-0.05, 0) is 56.2 Å². The van der Waals surface area contributed by atoms with Crippen molar-refractivity contribution in [3.8, 4) is 0 Å². The Morgan fingerprint density at radius 2 is 2.05 bits per heavy atom. The number of imidazole rings is 1. The largest absolute Gasteiger partial charge is 0.334 e. The molecule has 0 radical (unpaired) electrons. The lowest BCUT2D eigenvalue weighted by molar-refractivity contribution is 0.539. The molecule has 0 amide bonds. The van der Waals surface area contributed by atoms with Crippen molar-refractivity contribution in [3.63, 3.8) is 0 Å². The van der Waals surface area contributed by atoms with Crippen LogP contribution in [0.15, 0.2) is 30.6 Å². The third-order valence-electron chi connectivity index (χ3n) is 4.58. The van der Waals surface area contributed by atoms with Gasteiger partial charge in [0.25, 0.3) is 0 Å². The predicted molar refractivity (Wildman–Crippen MR) is 86.2 cm³/mol. The van der Waals surface area contributed by atoms with E-state index in [9.17, 15) is 0 Å². The normalized spacial score (nSPS) is 15.7. The zero-order valence-corrected chi connectivity index (χ0v) is 13.1. The molecule has 3 heteroatoms. The Morgan fingerprint density at radius 3 is 2.86 bits per heavy atom. The van der Waals surface area contributed by atoms with Gasteiger partial charge in [0.15, 0.2) is 0 Å². The Bertz CT molecular complexity index is 600. The van der Waals surface area contributed by atoms with Gasteiger partial charge in [-0.25, -0.2) is 4.98 Å². The minimum absolute atomic E-state index is 0.360. The zero-order chi connectivity index (χ0) is 14.7. The fourth-order valence-electron chi connectivity index (χ4n) is 3.18. The molecule has 3 rings (SSSR count). The molecule has 3 nitrogen and oxygen atoms in total. The zero-order valence-electron chi connectivity index (χ0n) is 13.1. The second kappa shape index (κ2) is 6.44. The van der Waals surface area contributed by atoms with Crippen LogP contribution >= 0.6 is 0 Å². The highest BCUT2D eigenvalue weighted by Crippen LogP contribution is 2.24. The smallest absolute Gasteiger partial charge is 0.122 e. The second-order valence-electron chi connectivity index (χ2n) is 5.97. The molecule has 1 aliphatic carbocycles. The molecular weight excluding hydrogens is 258 g/mol. The maximum atomic E-state index is 4.42. The molecule has 1 N–H and O–H groups in total. The second-order valence-corrected chi connectivity index (χ2v) is 5.97. The molecule has 0 fully saturated rings. The van der Waals surface area contributed by atoms with E-state index in [1.165, 1.54) is 31.2 Å². The van der Waals surface area contributed by atoms with Gasteiger partial charge in [0.05, 0.1) is 6.54 Å². The molecule has 0 saturated carbocycles. The molecular formula is C18H25N3. The topological polar surface area (TPSA) is 29.9 Å². The minimum Gasteiger partial charge on any atom is -0.334 e. The summed E-state index contributed by atoms with van der Waals surface area (Å²) in [5, 5.41) is 3.60. The first-order valence-corrected chi connectivity index (χ1v) is 8.13. The summed E-state index contributed by atoms with van der Waals surface area (Å²) in [6.45, 7) is 6.19. The van der Waals surface area contributed by atoms with Gasteiger partial charge in [0, 0.05) is 25.0 Å². The summed E-state index contributed by atoms with van der Waals surface area (Å²) in [6.07, 6.45) is 9.11. The number of hydrogen-bond acceptors (Lipinski definition) is 2. The van der Waals surface area contributed by atoms with E-state index >= 15 is 0 Å². The molecule has 0 saturated heterocycles. The molecule has 1 atom stereocenters.